The lowest BCUT2D eigenvalue weighted by Gasteiger charge is -2.26. The number of benzene rings is 8. The molecule has 0 aliphatic rings. The van der Waals surface area contributed by atoms with Crippen LogP contribution in [0.1, 0.15) is 0 Å². The fraction of sp³-hybridized carbons (Fsp3) is 0. The Kier molecular flexibility index (Phi) is 7.07. The van der Waals surface area contributed by atoms with E-state index in [4.69, 9.17) is 0 Å². The highest BCUT2D eigenvalue weighted by molar-refractivity contribution is 7.26. The molecule has 0 atom stereocenters. The lowest BCUT2D eigenvalue weighted by atomic mass is 9.94. The van der Waals surface area contributed by atoms with Crippen LogP contribution in [0.5, 0.6) is 0 Å². The SMILES string of the molecule is c1ccc(-c2ccccc2-c2ccc(N(c3ccccc3)c3ccc(-c4ccc5c(ccc6sc7ccccc7c65)c4)cc3)cc2)cc1. The first kappa shape index (κ1) is 28.3. The predicted octanol–water partition coefficient (Wildman–Crippen LogP) is 13.7. The average molecular weight is 630 g/mol. The second kappa shape index (κ2) is 12.0. The first-order valence-corrected chi connectivity index (χ1v) is 17.2. The van der Waals surface area contributed by atoms with Gasteiger partial charge in [0.25, 0.3) is 0 Å². The molecule has 9 aromatic rings. The van der Waals surface area contributed by atoms with Gasteiger partial charge in [0, 0.05) is 37.2 Å². The second-order valence-electron chi connectivity index (χ2n) is 12.1. The minimum atomic E-state index is 1.12. The Morgan fingerprint density at radius 1 is 0.333 bits per heavy atom. The zero-order valence-corrected chi connectivity index (χ0v) is 27.1. The lowest BCUT2D eigenvalue weighted by Crippen LogP contribution is -2.09. The minimum absolute atomic E-state index is 1.12. The Morgan fingerprint density at radius 2 is 0.875 bits per heavy atom. The van der Waals surface area contributed by atoms with E-state index in [0.29, 0.717) is 0 Å². The maximum atomic E-state index is 2.33. The largest absolute Gasteiger partial charge is 0.311 e. The highest BCUT2D eigenvalue weighted by Crippen LogP contribution is 2.41. The molecule has 226 valence electrons. The van der Waals surface area contributed by atoms with Crippen LogP contribution in [-0.2, 0) is 0 Å². The van der Waals surface area contributed by atoms with Gasteiger partial charge in [-0.1, -0.05) is 133 Å². The molecule has 1 aromatic heterocycles. The summed E-state index contributed by atoms with van der Waals surface area (Å²) in [5.41, 5.74) is 10.7. The van der Waals surface area contributed by atoms with Crippen molar-refractivity contribution in [3.8, 4) is 33.4 Å². The third kappa shape index (κ3) is 5.04. The highest BCUT2D eigenvalue weighted by Gasteiger charge is 2.15. The van der Waals surface area contributed by atoms with E-state index >= 15 is 0 Å². The molecule has 8 aromatic carbocycles. The van der Waals surface area contributed by atoms with E-state index in [0.717, 1.165) is 17.1 Å². The van der Waals surface area contributed by atoms with E-state index in [1.54, 1.807) is 0 Å². The van der Waals surface area contributed by atoms with Crippen LogP contribution in [0.25, 0.3) is 64.3 Å². The number of thiophene rings is 1. The maximum absolute atomic E-state index is 2.33. The normalized spacial score (nSPS) is 11.3. The van der Waals surface area contributed by atoms with Crippen molar-refractivity contribution in [1.29, 1.82) is 0 Å². The van der Waals surface area contributed by atoms with E-state index in [2.05, 4.69) is 193 Å². The molecule has 0 unspecified atom stereocenters. The molecule has 9 rings (SSSR count). The Balaban J connectivity index is 1.07. The van der Waals surface area contributed by atoms with Gasteiger partial charge < -0.3 is 4.90 Å². The van der Waals surface area contributed by atoms with Crippen LogP contribution in [0.2, 0.25) is 0 Å². The molecule has 1 nitrogen and oxygen atoms in total. The number of hydrogen-bond acceptors (Lipinski definition) is 2. The molecule has 0 spiro atoms. The van der Waals surface area contributed by atoms with Gasteiger partial charge in [0.1, 0.15) is 0 Å². The summed E-state index contributed by atoms with van der Waals surface area (Å²) < 4.78 is 2.68. The molecular formula is C46H31NS. The Labute approximate surface area is 284 Å². The van der Waals surface area contributed by atoms with Gasteiger partial charge in [-0.05, 0) is 98.8 Å². The van der Waals surface area contributed by atoms with E-state index in [1.165, 1.54) is 64.3 Å². The average Bonchev–Trinajstić information content (AvgIpc) is 3.55. The third-order valence-corrected chi connectivity index (χ3v) is 10.4. The quantitative estimate of drug-likeness (QED) is 0.177. The van der Waals surface area contributed by atoms with Gasteiger partial charge >= 0.3 is 0 Å². The van der Waals surface area contributed by atoms with Gasteiger partial charge in [-0.3, -0.25) is 0 Å². The summed E-state index contributed by atoms with van der Waals surface area (Å²) in [6.45, 7) is 0. The summed E-state index contributed by atoms with van der Waals surface area (Å²) in [5.74, 6) is 0. The number of hydrogen-bond donors (Lipinski definition) is 0. The van der Waals surface area contributed by atoms with Crippen molar-refractivity contribution in [2.45, 2.75) is 0 Å². The molecule has 0 aliphatic heterocycles. The fourth-order valence-electron chi connectivity index (χ4n) is 6.95. The minimum Gasteiger partial charge on any atom is -0.311 e. The number of nitrogens with zero attached hydrogens (tertiary/aromatic N) is 1. The topological polar surface area (TPSA) is 3.24 Å². The molecule has 0 aliphatic carbocycles. The number of para-hydroxylation sites is 1. The van der Waals surface area contributed by atoms with Crippen molar-refractivity contribution < 1.29 is 0 Å². The molecule has 0 radical (unpaired) electrons. The van der Waals surface area contributed by atoms with E-state index in [-0.39, 0.29) is 0 Å². The maximum Gasteiger partial charge on any atom is 0.0462 e. The zero-order chi connectivity index (χ0) is 31.9. The first-order chi connectivity index (χ1) is 23.8. The summed E-state index contributed by atoms with van der Waals surface area (Å²) in [4.78, 5) is 2.33. The predicted molar refractivity (Wildman–Crippen MR) is 208 cm³/mol. The van der Waals surface area contributed by atoms with Crippen LogP contribution in [0.4, 0.5) is 17.1 Å². The van der Waals surface area contributed by atoms with Gasteiger partial charge in [0.15, 0.2) is 0 Å². The van der Waals surface area contributed by atoms with Crippen LogP contribution >= 0.6 is 11.3 Å². The van der Waals surface area contributed by atoms with Crippen LogP contribution in [0.15, 0.2) is 188 Å². The Morgan fingerprint density at radius 3 is 1.58 bits per heavy atom. The van der Waals surface area contributed by atoms with Crippen molar-refractivity contribution in [2.75, 3.05) is 4.90 Å². The third-order valence-electron chi connectivity index (χ3n) is 9.28. The van der Waals surface area contributed by atoms with Gasteiger partial charge in [-0.25, -0.2) is 0 Å². The second-order valence-corrected chi connectivity index (χ2v) is 13.2. The highest BCUT2D eigenvalue weighted by atomic mass is 32.1. The molecule has 2 heteroatoms. The zero-order valence-electron chi connectivity index (χ0n) is 26.3. The molecule has 0 N–H and O–H groups in total. The molecule has 0 bridgehead atoms. The smallest absolute Gasteiger partial charge is 0.0462 e. The number of fused-ring (bicyclic) bond motifs is 5. The van der Waals surface area contributed by atoms with Gasteiger partial charge in [0.2, 0.25) is 0 Å². The van der Waals surface area contributed by atoms with E-state index in [1.807, 2.05) is 11.3 Å². The lowest BCUT2D eigenvalue weighted by molar-refractivity contribution is 1.28. The first-order valence-electron chi connectivity index (χ1n) is 16.3. The monoisotopic (exact) mass is 629 g/mol. The van der Waals surface area contributed by atoms with Gasteiger partial charge in [-0.15, -0.1) is 11.3 Å². The van der Waals surface area contributed by atoms with Crippen LogP contribution < -0.4 is 4.90 Å². The standard InChI is InChI=1S/C46H31NS/c1-3-11-33(12-4-1)40-15-7-8-16-41(40)34-21-27-39(28-22-34)47(37-13-5-2-6-14-37)38-25-19-32(20-26-38)35-23-29-42-36(31-35)24-30-45-46(42)43-17-9-10-18-44(43)48-45/h1-31H. The van der Waals surface area contributed by atoms with Gasteiger partial charge in [0.05, 0.1) is 0 Å². The summed E-state index contributed by atoms with van der Waals surface area (Å²) in [7, 11) is 0. The summed E-state index contributed by atoms with van der Waals surface area (Å²) in [6, 6.07) is 68.0. The summed E-state index contributed by atoms with van der Waals surface area (Å²) in [6.07, 6.45) is 0. The van der Waals surface area contributed by atoms with Crippen molar-refractivity contribution in [3.63, 3.8) is 0 Å². The fourth-order valence-corrected chi connectivity index (χ4v) is 8.08. The Hall–Kier alpha value is -5.96. The van der Waals surface area contributed by atoms with Crippen LogP contribution in [-0.4, -0.2) is 0 Å². The molecule has 0 fully saturated rings. The van der Waals surface area contributed by atoms with Crippen molar-refractivity contribution in [3.05, 3.63) is 188 Å². The van der Waals surface area contributed by atoms with Crippen LogP contribution in [0, 0.1) is 0 Å². The van der Waals surface area contributed by atoms with Crippen molar-refractivity contribution >= 4 is 59.3 Å². The van der Waals surface area contributed by atoms with Crippen LogP contribution in [0.3, 0.4) is 0 Å². The Bertz CT molecular complexity index is 2530. The molecular weight excluding hydrogens is 599 g/mol. The van der Waals surface area contributed by atoms with Crippen molar-refractivity contribution in [1.82, 2.24) is 0 Å². The summed E-state index contributed by atoms with van der Waals surface area (Å²) in [5, 5.41) is 5.29. The molecule has 0 saturated heterocycles. The molecule has 0 amide bonds. The van der Waals surface area contributed by atoms with Gasteiger partial charge in [-0.2, -0.15) is 0 Å². The molecule has 0 saturated carbocycles. The summed E-state index contributed by atoms with van der Waals surface area (Å²) >= 11 is 1.87. The number of rotatable bonds is 6. The number of anilines is 3. The van der Waals surface area contributed by atoms with Crippen molar-refractivity contribution in [2.24, 2.45) is 0 Å². The molecule has 48 heavy (non-hydrogen) atoms. The van der Waals surface area contributed by atoms with E-state index < -0.39 is 0 Å². The molecule has 1 heterocycles. The van der Waals surface area contributed by atoms with E-state index in [9.17, 15) is 0 Å².